The van der Waals surface area contributed by atoms with Crippen LogP contribution in [0.2, 0.25) is 0 Å². The first-order chi connectivity index (χ1) is 27.3. The molecule has 9 aromatic carbocycles. The van der Waals surface area contributed by atoms with Crippen LogP contribution in [0.4, 0.5) is 17.1 Å². The van der Waals surface area contributed by atoms with Crippen molar-refractivity contribution in [2.45, 2.75) is 0 Å². The molecule has 0 fully saturated rings. The standard InChI is InChI=1S/C54H39N/c1-6-18-40(19-7-1)47-33-37-54(52(39-47)45-26-14-5-15-27-45)55(53-29-17-16-28-50(53)43-22-10-3-11-23-43)48-34-30-41(31-35-48)46-32-36-49(42-20-8-2-9-21-42)51(38-46)44-24-12-4-13-25-44/h1-39H. The molecule has 260 valence electrons. The minimum Gasteiger partial charge on any atom is -0.309 e. The molecule has 0 bridgehead atoms. The monoisotopic (exact) mass is 701 g/mol. The van der Waals surface area contributed by atoms with Gasteiger partial charge in [-0.15, -0.1) is 0 Å². The summed E-state index contributed by atoms with van der Waals surface area (Å²) in [5, 5.41) is 0. The first-order valence-electron chi connectivity index (χ1n) is 18.8. The Bertz CT molecular complexity index is 2650. The summed E-state index contributed by atoms with van der Waals surface area (Å²) in [7, 11) is 0. The van der Waals surface area contributed by atoms with Gasteiger partial charge in [0, 0.05) is 16.8 Å². The summed E-state index contributed by atoms with van der Waals surface area (Å²) < 4.78 is 0. The van der Waals surface area contributed by atoms with Gasteiger partial charge in [-0.2, -0.15) is 0 Å². The highest BCUT2D eigenvalue weighted by Crippen LogP contribution is 2.46. The van der Waals surface area contributed by atoms with E-state index in [1.165, 1.54) is 61.2 Å². The van der Waals surface area contributed by atoms with Gasteiger partial charge in [0.05, 0.1) is 11.4 Å². The van der Waals surface area contributed by atoms with E-state index in [0.29, 0.717) is 0 Å². The first-order valence-corrected chi connectivity index (χ1v) is 18.8. The molecule has 9 rings (SSSR count). The Labute approximate surface area is 324 Å². The smallest absolute Gasteiger partial charge is 0.0540 e. The largest absolute Gasteiger partial charge is 0.309 e. The molecule has 1 nitrogen and oxygen atoms in total. The molecule has 0 aliphatic heterocycles. The van der Waals surface area contributed by atoms with E-state index in [-0.39, 0.29) is 0 Å². The Balaban J connectivity index is 1.21. The molecule has 0 N–H and O–H groups in total. The van der Waals surface area contributed by atoms with Crippen molar-refractivity contribution in [3.63, 3.8) is 0 Å². The number of rotatable bonds is 9. The van der Waals surface area contributed by atoms with Crippen LogP contribution < -0.4 is 4.90 Å². The maximum Gasteiger partial charge on any atom is 0.0540 e. The highest BCUT2D eigenvalue weighted by atomic mass is 15.1. The van der Waals surface area contributed by atoms with Crippen LogP contribution in [0.3, 0.4) is 0 Å². The van der Waals surface area contributed by atoms with Gasteiger partial charge in [0.25, 0.3) is 0 Å². The summed E-state index contributed by atoms with van der Waals surface area (Å²) >= 11 is 0. The van der Waals surface area contributed by atoms with Crippen molar-refractivity contribution in [3.8, 4) is 66.8 Å². The number of benzene rings is 9. The van der Waals surface area contributed by atoms with E-state index in [1.54, 1.807) is 0 Å². The van der Waals surface area contributed by atoms with Gasteiger partial charge in [-0.3, -0.25) is 0 Å². The minimum atomic E-state index is 1.08. The molecule has 0 amide bonds. The van der Waals surface area contributed by atoms with Crippen molar-refractivity contribution in [1.29, 1.82) is 0 Å². The second kappa shape index (κ2) is 15.4. The molecule has 1 heteroatoms. The molecule has 55 heavy (non-hydrogen) atoms. The Morgan fingerprint density at radius 3 is 1.13 bits per heavy atom. The third kappa shape index (κ3) is 7.00. The predicted molar refractivity (Wildman–Crippen MR) is 234 cm³/mol. The second-order valence-corrected chi connectivity index (χ2v) is 13.7. The molecular weight excluding hydrogens is 663 g/mol. The van der Waals surface area contributed by atoms with Crippen molar-refractivity contribution in [1.82, 2.24) is 0 Å². The predicted octanol–water partition coefficient (Wildman–Crippen LogP) is 15.2. The zero-order chi connectivity index (χ0) is 36.8. The molecule has 0 atom stereocenters. The molecule has 0 aliphatic carbocycles. The number of nitrogens with zero attached hydrogens (tertiary/aromatic N) is 1. The highest BCUT2D eigenvalue weighted by Gasteiger charge is 2.21. The summed E-state index contributed by atoms with van der Waals surface area (Å²) in [6, 6.07) is 85.0. The Morgan fingerprint density at radius 1 is 0.200 bits per heavy atom. The normalized spacial score (nSPS) is 10.9. The van der Waals surface area contributed by atoms with Gasteiger partial charge in [0.1, 0.15) is 0 Å². The van der Waals surface area contributed by atoms with Crippen molar-refractivity contribution in [3.05, 3.63) is 237 Å². The second-order valence-electron chi connectivity index (χ2n) is 13.7. The number of hydrogen-bond acceptors (Lipinski definition) is 1. The molecule has 0 unspecified atom stereocenters. The van der Waals surface area contributed by atoms with E-state index in [0.717, 1.165) is 22.6 Å². The van der Waals surface area contributed by atoms with Crippen LogP contribution in [0.25, 0.3) is 66.8 Å². The van der Waals surface area contributed by atoms with Crippen LogP contribution in [0.15, 0.2) is 237 Å². The zero-order valence-corrected chi connectivity index (χ0v) is 30.5. The molecule has 9 aromatic rings. The summed E-state index contributed by atoms with van der Waals surface area (Å²) in [4.78, 5) is 2.43. The maximum absolute atomic E-state index is 2.43. The lowest BCUT2D eigenvalue weighted by Crippen LogP contribution is -2.12. The van der Waals surface area contributed by atoms with E-state index in [1.807, 2.05) is 0 Å². The Morgan fingerprint density at radius 2 is 0.564 bits per heavy atom. The third-order valence-corrected chi connectivity index (χ3v) is 10.3. The van der Waals surface area contributed by atoms with Gasteiger partial charge >= 0.3 is 0 Å². The van der Waals surface area contributed by atoms with Crippen LogP contribution >= 0.6 is 0 Å². The average molecular weight is 702 g/mol. The van der Waals surface area contributed by atoms with E-state index in [2.05, 4.69) is 241 Å². The lowest BCUT2D eigenvalue weighted by Gasteiger charge is -2.30. The number of hydrogen-bond donors (Lipinski definition) is 0. The molecule has 0 saturated carbocycles. The van der Waals surface area contributed by atoms with E-state index < -0.39 is 0 Å². The van der Waals surface area contributed by atoms with Gasteiger partial charge in [-0.05, 0) is 92.0 Å². The fourth-order valence-electron chi connectivity index (χ4n) is 7.58. The lowest BCUT2D eigenvalue weighted by atomic mass is 9.91. The van der Waals surface area contributed by atoms with E-state index >= 15 is 0 Å². The lowest BCUT2D eigenvalue weighted by molar-refractivity contribution is 1.28. The van der Waals surface area contributed by atoms with Gasteiger partial charge in [0.15, 0.2) is 0 Å². The number of anilines is 3. The summed E-state index contributed by atoms with van der Waals surface area (Å²) in [6.45, 7) is 0. The van der Waals surface area contributed by atoms with E-state index in [9.17, 15) is 0 Å². The van der Waals surface area contributed by atoms with Crippen molar-refractivity contribution < 1.29 is 0 Å². The zero-order valence-electron chi connectivity index (χ0n) is 30.5. The molecule has 0 heterocycles. The Kier molecular flexibility index (Phi) is 9.41. The molecule has 0 spiro atoms. The summed E-state index contributed by atoms with van der Waals surface area (Å²) in [5.74, 6) is 0. The van der Waals surface area contributed by atoms with Crippen molar-refractivity contribution in [2.24, 2.45) is 0 Å². The summed E-state index contributed by atoms with van der Waals surface area (Å²) in [5.41, 5.74) is 17.6. The molecular formula is C54H39N. The van der Waals surface area contributed by atoms with Crippen LogP contribution in [-0.2, 0) is 0 Å². The van der Waals surface area contributed by atoms with E-state index in [4.69, 9.17) is 0 Å². The SMILES string of the molecule is c1ccc(-c2ccc(N(c3ccc(-c4ccc(-c5ccccc5)c(-c5ccccc5)c4)cc3)c3ccccc3-c3ccccc3)c(-c3ccccc3)c2)cc1. The molecule has 0 aliphatic rings. The fourth-order valence-corrected chi connectivity index (χ4v) is 7.58. The average Bonchev–Trinajstić information content (AvgIpc) is 3.28. The van der Waals surface area contributed by atoms with Crippen LogP contribution in [-0.4, -0.2) is 0 Å². The quantitative estimate of drug-likeness (QED) is 0.145. The third-order valence-electron chi connectivity index (χ3n) is 10.3. The first kappa shape index (κ1) is 33.6. The molecule has 0 radical (unpaired) electrons. The van der Waals surface area contributed by atoms with Crippen LogP contribution in [0, 0.1) is 0 Å². The van der Waals surface area contributed by atoms with Crippen molar-refractivity contribution >= 4 is 17.1 Å². The Hall–Kier alpha value is -7.22. The van der Waals surface area contributed by atoms with Gasteiger partial charge in [-0.1, -0.05) is 200 Å². The van der Waals surface area contributed by atoms with Gasteiger partial charge in [-0.25, -0.2) is 0 Å². The fraction of sp³-hybridized carbons (Fsp3) is 0. The van der Waals surface area contributed by atoms with Crippen LogP contribution in [0.1, 0.15) is 0 Å². The highest BCUT2D eigenvalue weighted by molar-refractivity contribution is 5.95. The maximum atomic E-state index is 2.43. The van der Waals surface area contributed by atoms with Crippen molar-refractivity contribution in [2.75, 3.05) is 4.90 Å². The van der Waals surface area contributed by atoms with Gasteiger partial charge in [0.2, 0.25) is 0 Å². The molecule has 0 aromatic heterocycles. The molecule has 0 saturated heterocycles. The van der Waals surface area contributed by atoms with Gasteiger partial charge < -0.3 is 4.90 Å². The topological polar surface area (TPSA) is 3.24 Å². The number of para-hydroxylation sites is 1. The van der Waals surface area contributed by atoms with Crippen LogP contribution in [0.5, 0.6) is 0 Å². The summed E-state index contributed by atoms with van der Waals surface area (Å²) in [6.07, 6.45) is 0. The minimum absolute atomic E-state index is 1.08.